The van der Waals surface area contributed by atoms with E-state index >= 15 is 0 Å². The van der Waals surface area contributed by atoms with Crippen LogP contribution in [-0.4, -0.2) is 24.6 Å². The molecular formula is C23H27IN2O3. The third-order valence-corrected chi connectivity index (χ3v) is 5.27. The number of benzene rings is 2. The van der Waals surface area contributed by atoms with Crippen molar-refractivity contribution in [1.82, 2.24) is 0 Å². The number of rotatable bonds is 10. The fraction of sp³-hybridized carbons (Fsp3) is 0.304. The van der Waals surface area contributed by atoms with E-state index in [-0.39, 0.29) is 22.6 Å². The third kappa shape index (κ3) is 6.68. The molecule has 2 aromatic rings. The molecule has 0 aliphatic rings. The number of anilines is 1. The van der Waals surface area contributed by atoms with Gasteiger partial charge in [-0.2, -0.15) is 0 Å². The molecule has 0 saturated heterocycles. The average Bonchev–Trinajstić information content (AvgIpc) is 2.72. The molecule has 2 rings (SSSR count). The molecule has 0 spiro atoms. The number of hydrogen-bond acceptors (Lipinski definition) is 4. The summed E-state index contributed by atoms with van der Waals surface area (Å²) in [6.45, 7) is 5.22. The van der Waals surface area contributed by atoms with Crippen LogP contribution in [0.2, 0.25) is 0 Å². The van der Waals surface area contributed by atoms with Crippen LogP contribution in [0.25, 0.3) is 0 Å². The SMILES string of the molecule is CC(=CCOCc1ccccc1)[C@H]([C@@H](C)C=CI)N(C)c1ccccc1[N+](=O)[O-]. The average molecular weight is 506 g/mol. The maximum absolute atomic E-state index is 11.5. The van der Waals surface area contributed by atoms with E-state index < -0.39 is 0 Å². The minimum atomic E-state index is -0.330. The number of nitro groups is 1. The predicted octanol–water partition coefficient (Wildman–Crippen LogP) is 6.15. The summed E-state index contributed by atoms with van der Waals surface area (Å²) < 4.78 is 7.79. The van der Waals surface area contributed by atoms with Gasteiger partial charge in [0, 0.05) is 13.1 Å². The zero-order valence-electron chi connectivity index (χ0n) is 17.0. The smallest absolute Gasteiger partial charge is 0.292 e. The summed E-state index contributed by atoms with van der Waals surface area (Å²) in [6.07, 6.45) is 4.18. The highest BCUT2D eigenvalue weighted by Crippen LogP contribution is 2.32. The zero-order valence-corrected chi connectivity index (χ0v) is 19.2. The minimum absolute atomic E-state index is 0.0255. The Balaban J connectivity index is 2.19. The quantitative estimate of drug-likeness (QED) is 0.128. The van der Waals surface area contributed by atoms with Crippen molar-refractivity contribution >= 4 is 34.0 Å². The highest BCUT2D eigenvalue weighted by molar-refractivity contribution is 14.1. The molecule has 0 radical (unpaired) electrons. The minimum Gasteiger partial charge on any atom is -0.373 e. The van der Waals surface area contributed by atoms with Crippen molar-refractivity contribution in [2.75, 3.05) is 18.6 Å². The Morgan fingerprint density at radius 1 is 1.21 bits per heavy atom. The fourth-order valence-electron chi connectivity index (χ4n) is 3.42. The van der Waals surface area contributed by atoms with E-state index in [9.17, 15) is 10.1 Å². The van der Waals surface area contributed by atoms with Gasteiger partial charge >= 0.3 is 0 Å². The maximum Gasteiger partial charge on any atom is 0.292 e. The molecule has 154 valence electrons. The van der Waals surface area contributed by atoms with Gasteiger partial charge in [-0.3, -0.25) is 10.1 Å². The van der Waals surface area contributed by atoms with Crippen LogP contribution in [0.4, 0.5) is 11.4 Å². The lowest BCUT2D eigenvalue weighted by molar-refractivity contribution is -0.384. The van der Waals surface area contributed by atoms with E-state index in [1.807, 2.05) is 52.4 Å². The Morgan fingerprint density at radius 2 is 1.86 bits per heavy atom. The van der Waals surface area contributed by atoms with Crippen molar-refractivity contribution < 1.29 is 9.66 Å². The van der Waals surface area contributed by atoms with Gasteiger partial charge in [-0.1, -0.05) is 89.7 Å². The van der Waals surface area contributed by atoms with Crippen molar-refractivity contribution in [3.63, 3.8) is 0 Å². The van der Waals surface area contributed by atoms with E-state index in [0.717, 1.165) is 11.1 Å². The van der Waals surface area contributed by atoms with Crippen LogP contribution in [-0.2, 0) is 11.3 Å². The van der Waals surface area contributed by atoms with Crippen LogP contribution < -0.4 is 4.90 Å². The fourth-order valence-corrected chi connectivity index (χ4v) is 4.08. The van der Waals surface area contributed by atoms with Gasteiger partial charge < -0.3 is 9.64 Å². The summed E-state index contributed by atoms with van der Waals surface area (Å²) in [5.41, 5.74) is 2.96. The molecule has 0 fully saturated rings. The lowest BCUT2D eigenvalue weighted by Gasteiger charge is -2.34. The lowest BCUT2D eigenvalue weighted by Crippen LogP contribution is -2.38. The van der Waals surface area contributed by atoms with E-state index in [4.69, 9.17) is 4.74 Å². The second-order valence-corrected chi connectivity index (χ2v) is 7.65. The van der Waals surface area contributed by atoms with E-state index in [1.165, 1.54) is 0 Å². The topological polar surface area (TPSA) is 55.6 Å². The van der Waals surface area contributed by atoms with Crippen LogP contribution in [0.5, 0.6) is 0 Å². The molecule has 0 unspecified atom stereocenters. The molecule has 0 aliphatic heterocycles. The van der Waals surface area contributed by atoms with E-state index in [2.05, 4.69) is 48.6 Å². The molecule has 5 nitrogen and oxygen atoms in total. The van der Waals surface area contributed by atoms with Gasteiger partial charge in [0.15, 0.2) is 0 Å². The number of likely N-dealkylation sites (N-methyl/N-ethyl adjacent to an activating group) is 1. The molecule has 6 heteroatoms. The monoisotopic (exact) mass is 506 g/mol. The van der Waals surface area contributed by atoms with Gasteiger partial charge in [0.1, 0.15) is 5.69 Å². The zero-order chi connectivity index (χ0) is 21.2. The van der Waals surface area contributed by atoms with Crippen LogP contribution in [0, 0.1) is 16.0 Å². The van der Waals surface area contributed by atoms with E-state index in [0.29, 0.717) is 18.9 Å². The predicted molar refractivity (Wildman–Crippen MR) is 127 cm³/mol. The van der Waals surface area contributed by atoms with Gasteiger partial charge in [0.2, 0.25) is 0 Å². The van der Waals surface area contributed by atoms with Crippen LogP contribution in [0.15, 0.2) is 76.4 Å². The summed E-state index contributed by atoms with van der Waals surface area (Å²) >= 11 is 2.20. The second-order valence-electron chi connectivity index (χ2n) is 6.93. The number of nitrogens with zero attached hydrogens (tertiary/aromatic N) is 2. The first kappa shape index (κ1) is 23.1. The van der Waals surface area contributed by atoms with Gasteiger partial charge in [-0.25, -0.2) is 0 Å². The molecular weight excluding hydrogens is 479 g/mol. The Labute approximate surface area is 186 Å². The first-order valence-corrected chi connectivity index (χ1v) is 10.7. The molecule has 29 heavy (non-hydrogen) atoms. The van der Waals surface area contributed by atoms with Gasteiger partial charge in [-0.15, -0.1) is 0 Å². The van der Waals surface area contributed by atoms with Gasteiger partial charge in [0.05, 0.1) is 24.2 Å². The number of halogens is 1. The second kappa shape index (κ2) is 11.7. The molecule has 2 aromatic carbocycles. The summed E-state index contributed by atoms with van der Waals surface area (Å²) in [5, 5.41) is 11.5. The Bertz CT molecular complexity index is 852. The van der Waals surface area contributed by atoms with Crippen molar-refractivity contribution in [1.29, 1.82) is 0 Å². The summed E-state index contributed by atoms with van der Waals surface area (Å²) in [4.78, 5) is 13.1. The number of hydrogen-bond donors (Lipinski definition) is 0. The molecule has 0 aliphatic carbocycles. The molecule has 0 bridgehead atoms. The van der Waals surface area contributed by atoms with Crippen LogP contribution in [0.3, 0.4) is 0 Å². The normalized spacial score (nSPS) is 14.0. The van der Waals surface area contributed by atoms with Gasteiger partial charge in [0.25, 0.3) is 5.69 Å². The molecule has 0 amide bonds. The van der Waals surface area contributed by atoms with Crippen molar-refractivity contribution in [3.8, 4) is 0 Å². The largest absolute Gasteiger partial charge is 0.373 e. The van der Waals surface area contributed by atoms with E-state index in [1.54, 1.807) is 18.2 Å². The standard InChI is InChI=1S/C23H27IN2O3/c1-18(13-15-24)23(25(3)21-11-7-8-12-22(21)26(27)28)19(2)14-16-29-17-20-9-5-4-6-10-20/h4-15,18,23H,16-17H2,1-3H3/t18-,23-/m0/s1. The summed E-state index contributed by atoms with van der Waals surface area (Å²) in [5.74, 6) is 0.169. The van der Waals surface area contributed by atoms with Gasteiger partial charge in [-0.05, 0) is 28.6 Å². The molecule has 0 aromatic heterocycles. The molecule has 0 heterocycles. The molecule has 0 N–H and O–H groups in total. The lowest BCUT2D eigenvalue weighted by atomic mass is 9.93. The number of ether oxygens (including phenoxy) is 1. The maximum atomic E-state index is 11.5. The Hall–Kier alpha value is -2.19. The van der Waals surface area contributed by atoms with Crippen molar-refractivity contribution in [2.24, 2.45) is 5.92 Å². The number of para-hydroxylation sites is 2. The molecule has 2 atom stereocenters. The summed E-state index contributed by atoms with van der Waals surface area (Å²) in [7, 11) is 1.91. The first-order valence-electron chi connectivity index (χ1n) is 9.47. The highest BCUT2D eigenvalue weighted by Gasteiger charge is 2.26. The van der Waals surface area contributed by atoms with Crippen LogP contribution in [0.1, 0.15) is 19.4 Å². The number of nitro benzene ring substituents is 1. The molecule has 0 saturated carbocycles. The Kier molecular flexibility index (Phi) is 9.34. The summed E-state index contributed by atoms with van der Waals surface area (Å²) in [6, 6.07) is 16.9. The highest BCUT2D eigenvalue weighted by atomic mass is 127. The van der Waals surface area contributed by atoms with Crippen molar-refractivity contribution in [3.05, 3.63) is 92.1 Å². The Morgan fingerprint density at radius 3 is 2.52 bits per heavy atom. The van der Waals surface area contributed by atoms with Crippen LogP contribution >= 0.6 is 22.6 Å². The third-order valence-electron chi connectivity index (χ3n) is 4.85. The van der Waals surface area contributed by atoms with Crippen molar-refractivity contribution in [2.45, 2.75) is 26.5 Å². The first-order chi connectivity index (χ1) is 14.0.